The molecule has 0 bridgehead atoms. The van der Waals surface area contributed by atoms with E-state index in [4.69, 9.17) is 12.7 Å². The van der Waals surface area contributed by atoms with E-state index in [1.54, 1.807) is 12.8 Å². The first-order chi connectivity index (χ1) is 6.22. The summed E-state index contributed by atoms with van der Waals surface area (Å²) in [7, 11) is -3.50. The van der Waals surface area contributed by atoms with Crippen LogP contribution in [0.5, 0.6) is 0 Å². The Balaban J connectivity index is 4.17. The fourth-order valence-corrected chi connectivity index (χ4v) is 9.21. The zero-order valence-electron chi connectivity index (χ0n) is 10.1. The van der Waals surface area contributed by atoms with Gasteiger partial charge in [0.15, 0.2) is 8.32 Å². The average molecular weight is 251 g/mol. The SMILES string of the molecule is C=C[Si](C)(OC)O[SiH](C)O[Si](C)(C)C. The van der Waals surface area contributed by atoms with Crippen molar-refractivity contribution in [2.75, 3.05) is 7.11 Å². The Morgan fingerprint density at radius 3 is 1.93 bits per heavy atom. The molecule has 0 aliphatic rings. The first kappa shape index (κ1) is 14.3. The standard InChI is InChI=1S/C8H22O3Si3/c1-8-14(7,9-2)11-12(3)10-13(4,5)6/h8,12H,1H2,2-7H3. The molecule has 2 unspecified atom stereocenters. The van der Waals surface area contributed by atoms with E-state index in [0.717, 1.165) is 0 Å². The van der Waals surface area contributed by atoms with Crippen LogP contribution in [0.2, 0.25) is 32.7 Å². The van der Waals surface area contributed by atoms with Crippen LogP contribution in [0.25, 0.3) is 0 Å². The maximum atomic E-state index is 5.90. The number of hydrogen-bond acceptors (Lipinski definition) is 3. The Morgan fingerprint density at radius 1 is 1.14 bits per heavy atom. The lowest BCUT2D eigenvalue weighted by Gasteiger charge is -2.29. The summed E-state index contributed by atoms with van der Waals surface area (Å²) in [4.78, 5) is 0. The molecule has 0 fully saturated rings. The molecule has 0 rings (SSSR count). The molecule has 14 heavy (non-hydrogen) atoms. The highest BCUT2D eigenvalue weighted by Gasteiger charge is 2.31. The van der Waals surface area contributed by atoms with Crippen molar-refractivity contribution in [2.45, 2.75) is 32.7 Å². The van der Waals surface area contributed by atoms with Crippen LogP contribution in [-0.4, -0.2) is 33.3 Å². The molecular weight excluding hydrogens is 228 g/mol. The summed E-state index contributed by atoms with van der Waals surface area (Å²) in [5.41, 5.74) is 1.80. The molecular formula is C8H22O3Si3. The quantitative estimate of drug-likeness (QED) is 0.676. The lowest BCUT2D eigenvalue weighted by atomic mass is 11.3. The maximum Gasteiger partial charge on any atom is 0.352 e. The molecule has 0 aliphatic carbocycles. The van der Waals surface area contributed by atoms with Crippen LogP contribution in [-0.2, 0) is 12.7 Å². The summed E-state index contributed by atoms with van der Waals surface area (Å²) in [6, 6.07) is 0. The van der Waals surface area contributed by atoms with Gasteiger partial charge in [-0.25, -0.2) is 0 Å². The summed E-state index contributed by atoms with van der Waals surface area (Å²) in [6.07, 6.45) is 0. The second-order valence-corrected chi connectivity index (χ2v) is 14.4. The highest BCUT2D eigenvalue weighted by molar-refractivity contribution is 6.81. The predicted octanol–water partition coefficient (Wildman–Crippen LogP) is 2.15. The van der Waals surface area contributed by atoms with Crippen molar-refractivity contribution in [1.82, 2.24) is 0 Å². The minimum atomic E-state index is -2.14. The third kappa shape index (κ3) is 5.89. The Kier molecular flexibility index (Phi) is 5.48. The first-order valence-electron chi connectivity index (χ1n) is 4.77. The smallest absolute Gasteiger partial charge is 0.352 e. The van der Waals surface area contributed by atoms with Crippen molar-refractivity contribution in [3.05, 3.63) is 12.3 Å². The normalized spacial score (nSPS) is 18.7. The predicted molar refractivity (Wildman–Crippen MR) is 67.4 cm³/mol. The van der Waals surface area contributed by atoms with Crippen molar-refractivity contribution in [1.29, 1.82) is 0 Å². The Bertz CT molecular complexity index is 193. The third-order valence-electron chi connectivity index (χ3n) is 1.70. The fourth-order valence-electron chi connectivity index (χ4n) is 1.03. The van der Waals surface area contributed by atoms with Crippen LogP contribution >= 0.6 is 0 Å². The monoisotopic (exact) mass is 250 g/mol. The van der Waals surface area contributed by atoms with Crippen LogP contribution in [0.4, 0.5) is 0 Å². The van der Waals surface area contributed by atoms with Crippen molar-refractivity contribution in [3.63, 3.8) is 0 Å². The zero-order valence-corrected chi connectivity index (χ0v) is 13.2. The molecule has 0 aromatic heterocycles. The largest absolute Gasteiger partial charge is 0.439 e. The second-order valence-electron chi connectivity index (χ2n) is 4.34. The summed E-state index contributed by atoms with van der Waals surface area (Å²) < 4.78 is 17.1. The van der Waals surface area contributed by atoms with Crippen LogP contribution in [0.3, 0.4) is 0 Å². The average Bonchev–Trinajstić information content (AvgIpc) is 2.00. The van der Waals surface area contributed by atoms with E-state index < -0.39 is 26.2 Å². The summed E-state index contributed by atoms with van der Waals surface area (Å²) in [6.45, 7) is 14.3. The second kappa shape index (κ2) is 5.38. The van der Waals surface area contributed by atoms with E-state index in [1.807, 2.05) is 13.1 Å². The molecule has 3 nitrogen and oxygen atoms in total. The van der Waals surface area contributed by atoms with E-state index in [-0.39, 0.29) is 0 Å². The van der Waals surface area contributed by atoms with Crippen LogP contribution in [0.1, 0.15) is 0 Å². The molecule has 0 aromatic rings. The molecule has 0 radical (unpaired) electrons. The molecule has 0 aromatic carbocycles. The van der Waals surface area contributed by atoms with E-state index in [2.05, 4.69) is 26.2 Å². The molecule has 6 heteroatoms. The molecule has 84 valence electrons. The van der Waals surface area contributed by atoms with Crippen molar-refractivity contribution in [3.8, 4) is 0 Å². The molecule has 0 aliphatic heterocycles. The van der Waals surface area contributed by atoms with Gasteiger partial charge in [0.1, 0.15) is 0 Å². The molecule has 0 saturated carbocycles. The molecule has 2 atom stereocenters. The van der Waals surface area contributed by atoms with Gasteiger partial charge < -0.3 is 12.7 Å². The Labute approximate surface area is 91.3 Å². The highest BCUT2D eigenvalue weighted by Crippen LogP contribution is 2.12. The molecule has 0 spiro atoms. The van der Waals surface area contributed by atoms with Gasteiger partial charge in [0.05, 0.1) is 0 Å². The summed E-state index contributed by atoms with van der Waals surface area (Å²) in [5, 5.41) is 0. The van der Waals surface area contributed by atoms with Crippen LogP contribution < -0.4 is 0 Å². The maximum absolute atomic E-state index is 5.90. The van der Waals surface area contributed by atoms with Gasteiger partial charge in [-0.05, 0) is 32.7 Å². The molecule has 0 N–H and O–H groups in total. The van der Waals surface area contributed by atoms with E-state index in [1.165, 1.54) is 0 Å². The van der Waals surface area contributed by atoms with E-state index in [0.29, 0.717) is 0 Å². The highest BCUT2D eigenvalue weighted by atomic mass is 28.5. The van der Waals surface area contributed by atoms with Gasteiger partial charge in [0.25, 0.3) is 9.28 Å². The molecule has 0 heterocycles. The topological polar surface area (TPSA) is 27.7 Å². The van der Waals surface area contributed by atoms with Crippen molar-refractivity contribution in [2.24, 2.45) is 0 Å². The van der Waals surface area contributed by atoms with Gasteiger partial charge in [-0.1, -0.05) is 5.70 Å². The van der Waals surface area contributed by atoms with Gasteiger partial charge in [-0.15, -0.1) is 6.58 Å². The van der Waals surface area contributed by atoms with E-state index >= 15 is 0 Å². The minimum Gasteiger partial charge on any atom is -0.439 e. The zero-order chi connectivity index (χ0) is 11.4. The van der Waals surface area contributed by atoms with Gasteiger partial charge in [0, 0.05) is 7.11 Å². The van der Waals surface area contributed by atoms with Crippen LogP contribution in [0, 0.1) is 0 Å². The van der Waals surface area contributed by atoms with Crippen molar-refractivity contribution < 1.29 is 12.7 Å². The third-order valence-corrected chi connectivity index (χ3v) is 10.6. The Morgan fingerprint density at radius 2 is 1.64 bits per heavy atom. The lowest BCUT2D eigenvalue weighted by molar-refractivity contribution is 0.298. The van der Waals surface area contributed by atoms with Crippen LogP contribution in [0.15, 0.2) is 12.3 Å². The molecule has 0 amide bonds. The summed E-state index contributed by atoms with van der Waals surface area (Å²) >= 11 is 0. The van der Waals surface area contributed by atoms with Crippen molar-refractivity contribution >= 4 is 26.2 Å². The number of hydrogen-bond donors (Lipinski definition) is 0. The van der Waals surface area contributed by atoms with Gasteiger partial charge >= 0.3 is 8.56 Å². The van der Waals surface area contributed by atoms with E-state index in [9.17, 15) is 0 Å². The first-order valence-corrected chi connectivity index (χ1v) is 12.7. The van der Waals surface area contributed by atoms with Gasteiger partial charge in [-0.2, -0.15) is 0 Å². The minimum absolute atomic E-state index is 1.48. The fraction of sp³-hybridized carbons (Fsp3) is 0.750. The Hall–Kier alpha value is 0.271. The lowest BCUT2D eigenvalue weighted by Crippen LogP contribution is -2.45. The summed E-state index contributed by atoms with van der Waals surface area (Å²) in [5.74, 6) is 0. The van der Waals surface area contributed by atoms with Gasteiger partial charge in [0.2, 0.25) is 0 Å². The van der Waals surface area contributed by atoms with Gasteiger partial charge in [-0.3, -0.25) is 0 Å². The number of rotatable bonds is 6. The molecule has 0 saturated heterocycles.